The van der Waals surface area contributed by atoms with Crippen molar-refractivity contribution in [2.45, 2.75) is 23.5 Å². The fourth-order valence-electron chi connectivity index (χ4n) is 2.73. The molecule has 0 bridgehead atoms. The Balaban J connectivity index is 1.46. The van der Waals surface area contributed by atoms with Crippen LogP contribution in [0.15, 0.2) is 80.0 Å². The molecule has 1 saturated heterocycles. The second-order valence-corrected chi connectivity index (χ2v) is 8.97. The molecule has 2 aromatic carbocycles. The van der Waals surface area contributed by atoms with E-state index in [1.807, 2.05) is 37.3 Å². The Morgan fingerprint density at radius 2 is 1.76 bits per heavy atom. The third kappa shape index (κ3) is 4.78. The number of imide groups is 1. The van der Waals surface area contributed by atoms with Gasteiger partial charge in [-0.1, -0.05) is 53.2 Å². The zero-order chi connectivity index (χ0) is 20.4. The van der Waals surface area contributed by atoms with Crippen molar-refractivity contribution in [3.63, 3.8) is 0 Å². The Kier molecular flexibility index (Phi) is 5.85. The lowest BCUT2D eigenvalue weighted by molar-refractivity contribution is -0.123. The number of benzene rings is 2. The number of nitrogens with zero attached hydrogens (tertiary/aromatic N) is 1. The third-order valence-corrected chi connectivity index (χ3v) is 6.33. The van der Waals surface area contributed by atoms with Crippen molar-refractivity contribution in [3.05, 3.63) is 87.5 Å². The second-order valence-electron chi connectivity index (χ2n) is 6.47. The fourth-order valence-corrected chi connectivity index (χ4v) is 4.45. The number of carbonyl (C=O) groups is 2. The highest BCUT2D eigenvalue weighted by Crippen LogP contribution is 2.35. The zero-order valence-corrected chi connectivity index (χ0v) is 17.8. The first-order chi connectivity index (χ1) is 14.0. The van der Waals surface area contributed by atoms with E-state index >= 15 is 0 Å². The predicted octanol–water partition coefficient (Wildman–Crippen LogP) is 6.63. The molecule has 0 radical (unpaired) electrons. The van der Waals surface area contributed by atoms with E-state index in [-0.39, 0.29) is 17.7 Å². The highest BCUT2D eigenvalue weighted by molar-refractivity contribution is 8.18. The van der Waals surface area contributed by atoms with Crippen LogP contribution >= 0.6 is 35.1 Å². The van der Waals surface area contributed by atoms with Gasteiger partial charge in [-0.05, 0) is 60.6 Å². The Bertz CT molecular complexity index is 1090. The van der Waals surface area contributed by atoms with Crippen LogP contribution in [0.3, 0.4) is 0 Å². The lowest BCUT2D eigenvalue weighted by atomic mass is 10.2. The molecule has 4 nitrogen and oxygen atoms in total. The summed E-state index contributed by atoms with van der Waals surface area (Å²) in [6.07, 6.45) is 1.62. The lowest BCUT2D eigenvalue weighted by Crippen LogP contribution is -2.27. The number of rotatable bonds is 5. The Hall–Kier alpha value is -2.41. The minimum absolute atomic E-state index is 0.214. The molecule has 2 heterocycles. The van der Waals surface area contributed by atoms with Crippen LogP contribution in [-0.2, 0) is 11.3 Å². The number of amides is 2. The number of thioether (sulfide) groups is 1. The molecule has 0 atom stereocenters. The molecule has 1 aliphatic heterocycles. The molecule has 0 N–H and O–H groups in total. The summed E-state index contributed by atoms with van der Waals surface area (Å²) in [6, 6.07) is 18.9. The normalized spacial score (nSPS) is 15.5. The van der Waals surface area contributed by atoms with Crippen LogP contribution in [0.2, 0.25) is 5.02 Å². The number of hydrogen-bond acceptors (Lipinski definition) is 5. The van der Waals surface area contributed by atoms with Gasteiger partial charge in [0.15, 0.2) is 5.09 Å². The van der Waals surface area contributed by atoms with Crippen molar-refractivity contribution >= 4 is 52.3 Å². The Labute approximate surface area is 181 Å². The van der Waals surface area contributed by atoms with Gasteiger partial charge in [0.2, 0.25) is 0 Å². The van der Waals surface area contributed by atoms with Gasteiger partial charge < -0.3 is 4.42 Å². The number of halogens is 1. The summed E-state index contributed by atoms with van der Waals surface area (Å²) in [5.74, 6) is 0.218. The Morgan fingerprint density at radius 3 is 2.48 bits per heavy atom. The molecular weight excluding hydrogens is 426 g/mol. The topological polar surface area (TPSA) is 50.5 Å². The van der Waals surface area contributed by atoms with Crippen molar-refractivity contribution in [3.8, 4) is 0 Å². The van der Waals surface area contributed by atoms with Crippen LogP contribution in [0.1, 0.15) is 16.9 Å². The van der Waals surface area contributed by atoms with Crippen LogP contribution in [0.4, 0.5) is 4.79 Å². The third-order valence-electron chi connectivity index (χ3n) is 4.24. The summed E-state index contributed by atoms with van der Waals surface area (Å²) < 4.78 is 5.81. The molecule has 0 unspecified atom stereocenters. The molecule has 146 valence electrons. The van der Waals surface area contributed by atoms with Gasteiger partial charge in [-0.3, -0.25) is 14.5 Å². The van der Waals surface area contributed by atoms with Gasteiger partial charge in [-0.15, -0.1) is 0 Å². The minimum atomic E-state index is -0.320. The highest BCUT2D eigenvalue weighted by atomic mass is 35.5. The summed E-state index contributed by atoms with van der Waals surface area (Å²) in [5.41, 5.74) is 2.04. The minimum Gasteiger partial charge on any atom is -0.450 e. The Morgan fingerprint density at radius 1 is 1.03 bits per heavy atom. The van der Waals surface area contributed by atoms with E-state index in [9.17, 15) is 9.59 Å². The van der Waals surface area contributed by atoms with Gasteiger partial charge in [0.1, 0.15) is 5.76 Å². The molecule has 1 aromatic heterocycles. The largest absolute Gasteiger partial charge is 0.450 e. The summed E-state index contributed by atoms with van der Waals surface area (Å²) >= 11 is 8.31. The van der Waals surface area contributed by atoms with Gasteiger partial charge in [0.05, 0.1) is 11.4 Å². The van der Waals surface area contributed by atoms with E-state index in [0.29, 0.717) is 15.7 Å². The quantitative estimate of drug-likeness (QED) is 0.416. The van der Waals surface area contributed by atoms with E-state index < -0.39 is 0 Å². The molecule has 4 rings (SSSR count). The van der Waals surface area contributed by atoms with Gasteiger partial charge >= 0.3 is 0 Å². The first kappa shape index (κ1) is 19.9. The zero-order valence-electron chi connectivity index (χ0n) is 15.4. The lowest BCUT2D eigenvalue weighted by Gasteiger charge is -2.12. The van der Waals surface area contributed by atoms with E-state index in [1.165, 1.54) is 22.2 Å². The molecule has 0 saturated carbocycles. The summed E-state index contributed by atoms with van der Waals surface area (Å²) in [6.45, 7) is 2.26. The van der Waals surface area contributed by atoms with Gasteiger partial charge in [-0.25, -0.2) is 0 Å². The van der Waals surface area contributed by atoms with Crippen LogP contribution in [0.25, 0.3) is 6.08 Å². The second kappa shape index (κ2) is 8.53. The molecule has 0 spiro atoms. The van der Waals surface area contributed by atoms with E-state index in [4.69, 9.17) is 16.0 Å². The average Bonchev–Trinajstić information content (AvgIpc) is 3.25. The average molecular weight is 442 g/mol. The smallest absolute Gasteiger partial charge is 0.293 e. The molecule has 1 fully saturated rings. The van der Waals surface area contributed by atoms with Gasteiger partial charge in [-0.2, -0.15) is 0 Å². The van der Waals surface area contributed by atoms with Crippen molar-refractivity contribution in [2.75, 3.05) is 0 Å². The first-order valence-electron chi connectivity index (χ1n) is 8.82. The molecule has 0 aliphatic carbocycles. The van der Waals surface area contributed by atoms with E-state index in [1.54, 1.807) is 36.4 Å². The van der Waals surface area contributed by atoms with E-state index in [0.717, 1.165) is 27.3 Å². The van der Waals surface area contributed by atoms with Crippen LogP contribution in [-0.4, -0.2) is 16.0 Å². The standard InChI is InChI=1S/C22H16ClNO3S2/c1-14-2-9-18(10-3-14)28-20-11-8-17(27-20)12-19-21(25)24(22(26)29-19)13-15-4-6-16(23)7-5-15/h2-12H,13H2,1H3/b19-12-. The maximum absolute atomic E-state index is 12.7. The van der Waals surface area contributed by atoms with Crippen molar-refractivity contribution < 1.29 is 14.0 Å². The highest BCUT2D eigenvalue weighted by Gasteiger charge is 2.35. The summed E-state index contributed by atoms with van der Waals surface area (Å²) in [5, 5.41) is 1.04. The fraction of sp³-hybridized carbons (Fsp3) is 0.0909. The monoisotopic (exact) mass is 441 g/mol. The number of aryl methyl sites for hydroxylation is 1. The van der Waals surface area contributed by atoms with Crippen LogP contribution in [0, 0.1) is 6.92 Å². The SMILES string of the molecule is Cc1ccc(Sc2ccc(/C=C3\SC(=O)N(Cc4ccc(Cl)cc4)C3=O)o2)cc1. The van der Waals surface area contributed by atoms with Crippen molar-refractivity contribution in [1.29, 1.82) is 0 Å². The van der Waals surface area contributed by atoms with Crippen LogP contribution < -0.4 is 0 Å². The molecule has 2 amide bonds. The van der Waals surface area contributed by atoms with Gasteiger partial charge in [0.25, 0.3) is 11.1 Å². The van der Waals surface area contributed by atoms with Crippen molar-refractivity contribution in [1.82, 2.24) is 4.90 Å². The van der Waals surface area contributed by atoms with Crippen LogP contribution in [0.5, 0.6) is 0 Å². The number of hydrogen-bond donors (Lipinski definition) is 0. The van der Waals surface area contributed by atoms with E-state index in [2.05, 4.69) is 0 Å². The maximum atomic E-state index is 12.7. The van der Waals surface area contributed by atoms with Crippen molar-refractivity contribution in [2.24, 2.45) is 0 Å². The summed E-state index contributed by atoms with van der Waals surface area (Å²) in [7, 11) is 0. The molecule has 7 heteroatoms. The number of furan rings is 1. The predicted molar refractivity (Wildman–Crippen MR) is 117 cm³/mol. The maximum Gasteiger partial charge on any atom is 0.293 e. The molecular formula is C22H16ClNO3S2. The summed E-state index contributed by atoms with van der Waals surface area (Å²) in [4.78, 5) is 27.6. The first-order valence-corrected chi connectivity index (χ1v) is 10.8. The molecule has 1 aliphatic rings. The molecule has 29 heavy (non-hydrogen) atoms. The number of carbonyl (C=O) groups excluding carboxylic acids is 2. The van der Waals surface area contributed by atoms with Gasteiger partial charge in [0, 0.05) is 16.0 Å². The molecule has 3 aromatic rings.